The highest BCUT2D eigenvalue weighted by Crippen LogP contribution is 2.41. The summed E-state index contributed by atoms with van der Waals surface area (Å²) in [4.78, 5) is 17.3. The van der Waals surface area contributed by atoms with Crippen molar-refractivity contribution in [1.29, 1.82) is 0 Å². The van der Waals surface area contributed by atoms with Crippen LogP contribution in [-0.4, -0.2) is 30.5 Å². The van der Waals surface area contributed by atoms with Gasteiger partial charge < -0.3 is 9.88 Å². The van der Waals surface area contributed by atoms with Gasteiger partial charge in [0.15, 0.2) is 0 Å². The van der Waals surface area contributed by atoms with E-state index in [1.165, 1.54) is 12.1 Å². The largest absolute Gasteiger partial charge is 0.416 e. The van der Waals surface area contributed by atoms with Gasteiger partial charge in [-0.05, 0) is 63.8 Å². The van der Waals surface area contributed by atoms with Crippen molar-refractivity contribution >= 4 is 39.4 Å². The van der Waals surface area contributed by atoms with Crippen LogP contribution < -0.4 is 5.32 Å². The van der Waals surface area contributed by atoms with E-state index in [4.69, 9.17) is 11.6 Å². The van der Waals surface area contributed by atoms with Crippen LogP contribution >= 0.6 is 11.6 Å². The van der Waals surface area contributed by atoms with Crippen molar-refractivity contribution in [2.24, 2.45) is 0 Å². The molecule has 0 spiro atoms. The van der Waals surface area contributed by atoms with E-state index >= 15 is 0 Å². The van der Waals surface area contributed by atoms with Gasteiger partial charge in [-0.25, -0.2) is 19.9 Å². The van der Waals surface area contributed by atoms with E-state index in [1.54, 1.807) is 32.3 Å². The van der Waals surface area contributed by atoms with Crippen LogP contribution in [0.5, 0.6) is 0 Å². The lowest BCUT2D eigenvalue weighted by atomic mass is 10.0. The number of nitrogens with one attached hydrogen (secondary N) is 1. The lowest BCUT2D eigenvalue weighted by Gasteiger charge is -2.17. The molecule has 3 heterocycles. The molecule has 7 rings (SSSR count). The zero-order chi connectivity index (χ0) is 33.5. The molecule has 47 heavy (non-hydrogen) atoms. The number of hydrogen-bond acceptors (Lipinski definition) is 5. The van der Waals surface area contributed by atoms with Gasteiger partial charge in [-0.2, -0.15) is 26.3 Å². The molecule has 2 saturated carbocycles. The molecule has 0 atom stereocenters. The van der Waals surface area contributed by atoms with Crippen molar-refractivity contribution in [3.8, 4) is 11.1 Å². The second kappa shape index (κ2) is 12.9. The Labute approximate surface area is 272 Å². The number of aryl methyl sites for hydroxylation is 2. The minimum atomic E-state index is -4.42. The summed E-state index contributed by atoms with van der Waals surface area (Å²) in [5.41, 5.74) is 1.09. The number of hydrogen-bond donors (Lipinski definition) is 1. The van der Waals surface area contributed by atoms with Gasteiger partial charge in [-0.1, -0.05) is 49.4 Å². The highest BCUT2D eigenvalue weighted by Gasteiger charge is 2.33. The molecular weight excluding hydrogens is 642 g/mol. The number of alkyl halides is 6. The number of nitrogens with zero attached hydrogens (tertiary/aromatic N) is 5. The van der Waals surface area contributed by atoms with Crippen LogP contribution in [0.3, 0.4) is 0 Å². The monoisotopic (exact) mass is 674 g/mol. The molecule has 5 aromatic rings. The second-order valence-corrected chi connectivity index (χ2v) is 12.6. The Kier molecular flexibility index (Phi) is 9.08. The van der Waals surface area contributed by atoms with Gasteiger partial charge in [0, 0.05) is 51.4 Å². The van der Waals surface area contributed by atoms with Crippen LogP contribution in [0.25, 0.3) is 33.1 Å². The fourth-order valence-electron chi connectivity index (χ4n) is 6.56. The Hall–Kier alpha value is -3.93. The minimum Gasteiger partial charge on any atom is -0.367 e. The summed E-state index contributed by atoms with van der Waals surface area (Å²) in [6.07, 6.45) is 3.19. The molecular formula is C34H33ClF6N6. The van der Waals surface area contributed by atoms with Crippen molar-refractivity contribution in [3.05, 3.63) is 76.6 Å². The third-order valence-electron chi connectivity index (χ3n) is 8.87. The van der Waals surface area contributed by atoms with Crippen LogP contribution in [-0.2, 0) is 12.4 Å². The second-order valence-electron chi connectivity index (χ2n) is 12.2. The summed E-state index contributed by atoms with van der Waals surface area (Å²) >= 11 is 6.12. The molecule has 2 aromatic carbocycles. The van der Waals surface area contributed by atoms with Crippen molar-refractivity contribution in [2.75, 3.05) is 5.32 Å². The molecule has 2 aliphatic carbocycles. The molecule has 0 radical (unpaired) electrons. The molecule has 0 unspecified atom stereocenters. The van der Waals surface area contributed by atoms with E-state index in [9.17, 15) is 26.3 Å². The average Bonchev–Trinajstić information content (AvgIpc) is 3.77. The Bertz CT molecular complexity index is 1910. The number of fused-ring (bicyclic) bond motifs is 3. The fraction of sp³-hybridized carbons (Fsp3) is 0.412. The summed E-state index contributed by atoms with van der Waals surface area (Å²) in [5, 5.41) is 5.04. The van der Waals surface area contributed by atoms with Gasteiger partial charge in [0.1, 0.15) is 23.1 Å². The molecule has 248 valence electrons. The zero-order valence-corrected chi connectivity index (χ0v) is 26.6. The quantitative estimate of drug-likeness (QED) is 0.192. The predicted octanol–water partition coefficient (Wildman–Crippen LogP) is 10.5. The first-order chi connectivity index (χ1) is 22.3. The minimum absolute atomic E-state index is 0.0340. The van der Waals surface area contributed by atoms with Crippen molar-refractivity contribution in [3.63, 3.8) is 0 Å². The Morgan fingerprint density at radius 1 is 0.723 bits per heavy atom. The van der Waals surface area contributed by atoms with Gasteiger partial charge in [0.2, 0.25) is 0 Å². The van der Waals surface area contributed by atoms with Crippen LogP contribution in [0.2, 0.25) is 5.02 Å². The summed E-state index contributed by atoms with van der Waals surface area (Å²) in [5.74, 6) is 1.86. The van der Waals surface area contributed by atoms with E-state index in [2.05, 4.69) is 25.3 Å². The number of halogens is 7. The molecule has 13 heteroatoms. The van der Waals surface area contributed by atoms with Crippen LogP contribution in [0, 0.1) is 13.8 Å². The lowest BCUT2D eigenvalue weighted by Crippen LogP contribution is -2.17. The third-order valence-corrected chi connectivity index (χ3v) is 9.19. The number of rotatable bonds is 4. The van der Waals surface area contributed by atoms with Crippen molar-refractivity contribution in [1.82, 2.24) is 24.5 Å². The van der Waals surface area contributed by atoms with Gasteiger partial charge in [-0.3, -0.25) is 0 Å². The third kappa shape index (κ3) is 7.02. The highest BCUT2D eigenvalue weighted by atomic mass is 35.5. The topological polar surface area (TPSA) is 68.5 Å². The fourth-order valence-corrected chi connectivity index (χ4v) is 6.85. The molecule has 0 bridgehead atoms. The first kappa shape index (κ1) is 33.0. The maximum absolute atomic E-state index is 13.1. The zero-order valence-electron chi connectivity index (χ0n) is 25.8. The van der Waals surface area contributed by atoms with Crippen molar-refractivity contribution in [2.45, 2.75) is 89.7 Å². The Morgan fingerprint density at radius 3 is 1.98 bits per heavy atom. The molecule has 0 aliphatic heterocycles. The van der Waals surface area contributed by atoms with Crippen molar-refractivity contribution < 1.29 is 26.3 Å². The maximum atomic E-state index is 13.1. The summed E-state index contributed by atoms with van der Waals surface area (Å²) < 4.78 is 79.8. The number of benzene rings is 2. The molecule has 1 N–H and O–H groups in total. The van der Waals surface area contributed by atoms with Gasteiger partial charge >= 0.3 is 12.4 Å². The molecule has 0 saturated heterocycles. The van der Waals surface area contributed by atoms with Crippen LogP contribution in [0.15, 0.2) is 48.8 Å². The first-order valence-corrected chi connectivity index (χ1v) is 16.0. The van der Waals surface area contributed by atoms with Crippen LogP contribution in [0.4, 0.5) is 32.2 Å². The van der Waals surface area contributed by atoms with E-state index in [0.29, 0.717) is 40.2 Å². The lowest BCUT2D eigenvalue weighted by molar-refractivity contribution is -0.138. The Balaban J connectivity index is 0.000000164. The summed E-state index contributed by atoms with van der Waals surface area (Å²) in [7, 11) is 0. The Morgan fingerprint density at radius 2 is 1.32 bits per heavy atom. The molecule has 2 fully saturated rings. The molecule has 3 aromatic heterocycles. The number of aromatic nitrogens is 5. The van der Waals surface area contributed by atoms with E-state index in [-0.39, 0.29) is 11.1 Å². The molecule has 2 aliphatic rings. The van der Waals surface area contributed by atoms with Gasteiger partial charge in [0.25, 0.3) is 0 Å². The summed E-state index contributed by atoms with van der Waals surface area (Å²) in [6, 6.07) is 7.82. The molecule has 0 amide bonds. The average molecular weight is 675 g/mol. The molecule has 6 nitrogen and oxygen atoms in total. The standard InChI is InChI=1S/C17H17ClF3N3.C17H16F3N3/c1-10-22-9-14(16(23-10)24-12-4-2-3-5-12)13-7-6-11(8-15(13)18)17(19,20)21;1-10-21-9-14-13-7-6-11(17(18,19)20)8-15(13)23(16(14)22-10)12-4-2-3-5-12/h6-9,12H,2-5H2,1H3,(H,22,23,24);6-9,12H,2-5H2,1H3. The van der Waals surface area contributed by atoms with Crippen LogP contribution in [0.1, 0.15) is 80.2 Å². The SMILES string of the molecule is Cc1ncc(-c2ccc(C(F)(F)F)cc2Cl)c(NC2CCCC2)n1.Cc1ncc2c3ccc(C(F)(F)F)cc3n(C3CCCC3)c2n1. The highest BCUT2D eigenvalue weighted by molar-refractivity contribution is 6.33. The predicted molar refractivity (Wildman–Crippen MR) is 170 cm³/mol. The van der Waals surface area contributed by atoms with E-state index in [0.717, 1.165) is 86.0 Å². The van der Waals surface area contributed by atoms with E-state index in [1.807, 2.05) is 4.57 Å². The van der Waals surface area contributed by atoms with Gasteiger partial charge in [0.05, 0.1) is 16.6 Å². The normalized spacial score (nSPS) is 16.2. The van der Waals surface area contributed by atoms with Gasteiger partial charge in [-0.15, -0.1) is 0 Å². The maximum Gasteiger partial charge on any atom is 0.416 e. The summed E-state index contributed by atoms with van der Waals surface area (Å²) in [6.45, 7) is 3.58. The van der Waals surface area contributed by atoms with E-state index < -0.39 is 23.5 Å². The number of anilines is 1. The first-order valence-electron chi connectivity index (χ1n) is 15.6. The smallest absolute Gasteiger partial charge is 0.367 e.